The van der Waals surface area contributed by atoms with Gasteiger partial charge < -0.3 is 5.11 Å². The molecule has 2 nitrogen and oxygen atoms in total. The normalized spacial score (nSPS) is 12.1. The molecule has 0 saturated heterocycles. The van der Waals surface area contributed by atoms with Crippen molar-refractivity contribution in [2.45, 2.75) is 32.1 Å². The van der Waals surface area contributed by atoms with Crippen molar-refractivity contribution in [3.8, 4) is 5.75 Å². The van der Waals surface area contributed by atoms with Crippen molar-refractivity contribution < 1.29 is 9.90 Å². The molecule has 0 amide bonds. The summed E-state index contributed by atoms with van der Waals surface area (Å²) in [6.45, 7) is 2.18. The van der Waals surface area contributed by atoms with Gasteiger partial charge in [-0.25, -0.2) is 0 Å². The molecule has 1 atom stereocenters. The largest absolute Gasteiger partial charge is 0.507 e. The van der Waals surface area contributed by atoms with E-state index in [0.717, 1.165) is 12.8 Å². The number of carbonyl (C=O) groups is 1. The summed E-state index contributed by atoms with van der Waals surface area (Å²) in [7, 11) is 0. The first-order valence-electron chi connectivity index (χ1n) is 7.04. The second kappa shape index (κ2) is 6.90. The summed E-state index contributed by atoms with van der Waals surface area (Å²) in [4.78, 5) is 12.0. The summed E-state index contributed by atoms with van der Waals surface area (Å²) in [6.07, 6.45) is 2.29. The maximum absolute atomic E-state index is 12.0. The summed E-state index contributed by atoms with van der Waals surface area (Å²) in [5.74, 6) is 0.547. The Hall–Kier alpha value is -2.09. The van der Waals surface area contributed by atoms with Gasteiger partial charge in [-0.3, -0.25) is 4.79 Å². The van der Waals surface area contributed by atoms with Crippen molar-refractivity contribution in [3.05, 3.63) is 65.7 Å². The van der Waals surface area contributed by atoms with Crippen LogP contribution in [0.1, 0.15) is 48.0 Å². The van der Waals surface area contributed by atoms with Crippen molar-refractivity contribution in [2.75, 3.05) is 0 Å². The van der Waals surface area contributed by atoms with Crippen molar-refractivity contribution in [1.82, 2.24) is 0 Å². The molecule has 2 rings (SSSR count). The lowest BCUT2D eigenvalue weighted by Crippen LogP contribution is -2.01. The smallest absolute Gasteiger partial charge is 0.166 e. The van der Waals surface area contributed by atoms with Gasteiger partial charge in [0.05, 0.1) is 5.56 Å². The molecule has 0 saturated carbocycles. The van der Waals surface area contributed by atoms with Crippen molar-refractivity contribution in [3.63, 3.8) is 0 Å². The molecule has 0 aliphatic carbocycles. The van der Waals surface area contributed by atoms with Crippen molar-refractivity contribution in [1.29, 1.82) is 0 Å². The summed E-state index contributed by atoms with van der Waals surface area (Å²) in [5, 5.41) is 9.65. The number of ketones is 1. The highest BCUT2D eigenvalue weighted by Crippen LogP contribution is 2.23. The minimum atomic E-state index is 0.0170. The van der Waals surface area contributed by atoms with Gasteiger partial charge in [0.25, 0.3) is 0 Å². The third kappa shape index (κ3) is 3.70. The Morgan fingerprint density at radius 3 is 2.40 bits per heavy atom. The Morgan fingerprint density at radius 2 is 1.70 bits per heavy atom. The Kier molecular flexibility index (Phi) is 4.94. The lowest BCUT2D eigenvalue weighted by molar-refractivity contribution is 0.0976. The Morgan fingerprint density at radius 1 is 1.05 bits per heavy atom. The van der Waals surface area contributed by atoms with Crippen LogP contribution in [0, 0.1) is 0 Å². The average Bonchev–Trinajstić information content (AvgIpc) is 2.48. The monoisotopic (exact) mass is 268 g/mol. The van der Waals surface area contributed by atoms with E-state index in [1.807, 2.05) is 18.2 Å². The Labute approximate surface area is 120 Å². The lowest BCUT2D eigenvalue weighted by atomic mass is 9.94. The van der Waals surface area contributed by atoms with Crippen molar-refractivity contribution >= 4 is 5.78 Å². The molecule has 0 aliphatic rings. The van der Waals surface area contributed by atoms with Crippen LogP contribution in [0.25, 0.3) is 0 Å². The highest BCUT2D eigenvalue weighted by Gasteiger charge is 2.11. The number of hydrogen-bond acceptors (Lipinski definition) is 2. The SMILES string of the molecule is CC(CCCC(=O)c1ccccc1O)c1ccccc1. The summed E-state index contributed by atoms with van der Waals surface area (Å²) in [5.41, 5.74) is 1.74. The van der Waals surface area contributed by atoms with Crippen LogP contribution in [0.5, 0.6) is 5.75 Å². The molecule has 0 bridgehead atoms. The highest BCUT2D eigenvalue weighted by molar-refractivity contribution is 5.98. The summed E-state index contributed by atoms with van der Waals surface area (Å²) < 4.78 is 0. The van der Waals surface area contributed by atoms with Crippen molar-refractivity contribution in [2.24, 2.45) is 0 Å². The second-order valence-corrected chi connectivity index (χ2v) is 5.14. The fourth-order valence-electron chi connectivity index (χ4n) is 2.36. The first kappa shape index (κ1) is 14.3. The van der Waals surface area contributed by atoms with Gasteiger partial charge in [-0.2, -0.15) is 0 Å². The molecule has 0 heterocycles. The zero-order chi connectivity index (χ0) is 14.4. The lowest BCUT2D eigenvalue weighted by Gasteiger charge is -2.11. The molecule has 20 heavy (non-hydrogen) atoms. The van der Waals surface area contributed by atoms with Crippen LogP contribution < -0.4 is 0 Å². The molecule has 2 heteroatoms. The summed E-state index contributed by atoms with van der Waals surface area (Å²) >= 11 is 0. The summed E-state index contributed by atoms with van der Waals surface area (Å²) in [6, 6.07) is 17.1. The van der Waals surface area contributed by atoms with E-state index in [1.54, 1.807) is 24.3 Å². The number of aromatic hydroxyl groups is 1. The molecule has 0 spiro atoms. The minimum Gasteiger partial charge on any atom is -0.507 e. The van der Waals surface area contributed by atoms with Gasteiger partial charge >= 0.3 is 0 Å². The van der Waals surface area contributed by atoms with Gasteiger partial charge in [0.15, 0.2) is 5.78 Å². The Bertz CT molecular complexity index is 561. The topological polar surface area (TPSA) is 37.3 Å². The van der Waals surface area contributed by atoms with E-state index in [1.165, 1.54) is 5.56 Å². The fourth-order valence-corrected chi connectivity index (χ4v) is 2.36. The van der Waals surface area contributed by atoms with Crippen LogP contribution in [0.3, 0.4) is 0 Å². The van der Waals surface area contributed by atoms with E-state index >= 15 is 0 Å². The number of Topliss-reactive ketones (excluding diaryl/α,β-unsaturated/α-hetero) is 1. The van der Waals surface area contributed by atoms with Gasteiger partial charge in [-0.15, -0.1) is 0 Å². The number of phenolic OH excluding ortho intramolecular Hbond substituents is 1. The van der Waals surface area contributed by atoms with Crippen LogP contribution in [0.2, 0.25) is 0 Å². The standard InChI is InChI=1S/C18H20O2/c1-14(15-9-3-2-4-10-15)8-7-13-18(20)16-11-5-6-12-17(16)19/h2-6,9-12,14,19H,7-8,13H2,1H3. The first-order valence-corrected chi connectivity index (χ1v) is 7.04. The zero-order valence-electron chi connectivity index (χ0n) is 11.8. The van der Waals surface area contributed by atoms with Gasteiger partial charge in [-0.1, -0.05) is 49.4 Å². The molecule has 1 N–H and O–H groups in total. The minimum absolute atomic E-state index is 0.0170. The Balaban J connectivity index is 1.84. The van der Waals surface area contributed by atoms with E-state index in [9.17, 15) is 9.90 Å². The molecular formula is C18H20O2. The molecule has 2 aromatic carbocycles. The maximum Gasteiger partial charge on any atom is 0.166 e. The fraction of sp³-hybridized carbons (Fsp3) is 0.278. The number of hydrogen-bond donors (Lipinski definition) is 1. The van der Waals surface area contributed by atoms with E-state index in [2.05, 4.69) is 19.1 Å². The van der Waals surface area contributed by atoms with Gasteiger partial charge in [0.1, 0.15) is 5.75 Å². The molecule has 104 valence electrons. The van der Waals surface area contributed by atoms with E-state index < -0.39 is 0 Å². The molecule has 1 unspecified atom stereocenters. The zero-order valence-corrected chi connectivity index (χ0v) is 11.8. The first-order chi connectivity index (χ1) is 9.68. The number of benzene rings is 2. The molecule has 0 aromatic heterocycles. The van der Waals surface area contributed by atoms with Crippen LogP contribution in [0.15, 0.2) is 54.6 Å². The van der Waals surface area contributed by atoms with E-state index in [0.29, 0.717) is 17.9 Å². The van der Waals surface area contributed by atoms with Gasteiger partial charge in [0.2, 0.25) is 0 Å². The highest BCUT2D eigenvalue weighted by atomic mass is 16.3. The van der Waals surface area contributed by atoms with Gasteiger partial charge in [-0.05, 0) is 36.5 Å². The molecule has 0 radical (unpaired) electrons. The third-order valence-corrected chi connectivity index (χ3v) is 3.61. The molecule has 0 fully saturated rings. The molecule has 2 aromatic rings. The quantitative estimate of drug-likeness (QED) is 0.780. The maximum atomic E-state index is 12.0. The molecular weight excluding hydrogens is 248 g/mol. The van der Waals surface area contributed by atoms with E-state index in [4.69, 9.17) is 0 Å². The number of carbonyl (C=O) groups excluding carboxylic acids is 1. The van der Waals surface area contributed by atoms with Crippen LogP contribution in [-0.4, -0.2) is 10.9 Å². The number of rotatable bonds is 6. The average molecular weight is 268 g/mol. The predicted molar refractivity (Wildman–Crippen MR) is 81.1 cm³/mol. The number of para-hydroxylation sites is 1. The van der Waals surface area contributed by atoms with Crippen LogP contribution >= 0.6 is 0 Å². The second-order valence-electron chi connectivity index (χ2n) is 5.14. The van der Waals surface area contributed by atoms with Gasteiger partial charge in [0, 0.05) is 6.42 Å². The van der Waals surface area contributed by atoms with Crippen LogP contribution in [-0.2, 0) is 0 Å². The third-order valence-electron chi connectivity index (χ3n) is 3.61. The number of phenols is 1. The predicted octanol–water partition coefficient (Wildman–Crippen LogP) is 4.55. The van der Waals surface area contributed by atoms with Crippen LogP contribution in [0.4, 0.5) is 0 Å². The molecule has 0 aliphatic heterocycles. The van der Waals surface area contributed by atoms with E-state index in [-0.39, 0.29) is 11.5 Å².